The van der Waals surface area contributed by atoms with Crippen LogP contribution in [0.25, 0.3) is 0 Å². The van der Waals surface area contributed by atoms with E-state index in [1.165, 1.54) is 0 Å². The van der Waals surface area contributed by atoms with Gasteiger partial charge in [-0.3, -0.25) is 4.79 Å². The Morgan fingerprint density at radius 1 is 1.19 bits per heavy atom. The zero-order chi connectivity index (χ0) is 11.5. The molecule has 2 rings (SSSR count). The number of rotatable bonds is 3. The van der Waals surface area contributed by atoms with Crippen molar-refractivity contribution in [1.82, 2.24) is 4.98 Å². The van der Waals surface area contributed by atoms with E-state index in [-0.39, 0.29) is 5.78 Å². The lowest BCUT2D eigenvalue weighted by atomic mass is 10.1. The smallest absolute Gasteiger partial charge is 0.209 e. The maximum absolute atomic E-state index is 12.0. The highest BCUT2D eigenvalue weighted by molar-refractivity contribution is 7.98. The topological polar surface area (TPSA) is 32.9 Å². The predicted molar refractivity (Wildman–Crippen MR) is 67.5 cm³/mol. The Bertz CT molecular complexity index is 504. The van der Waals surface area contributed by atoms with Gasteiger partial charge in [0.1, 0.15) is 0 Å². The van der Waals surface area contributed by atoms with Gasteiger partial charge in [0.25, 0.3) is 0 Å². The highest BCUT2D eigenvalue weighted by atomic mass is 35.5. The molecule has 2 aromatic rings. The second-order valence-corrected chi connectivity index (χ2v) is 4.56. The van der Waals surface area contributed by atoms with Crippen molar-refractivity contribution in [3.05, 3.63) is 52.7 Å². The number of halogens is 1. The van der Waals surface area contributed by atoms with Gasteiger partial charge in [0, 0.05) is 10.6 Å². The van der Waals surface area contributed by atoms with E-state index in [0.29, 0.717) is 16.3 Å². The van der Waals surface area contributed by atoms with Crippen molar-refractivity contribution in [3.63, 3.8) is 0 Å². The molecule has 0 bridgehead atoms. The summed E-state index contributed by atoms with van der Waals surface area (Å²) in [7, 11) is 0. The number of thioether (sulfide) groups is 1. The van der Waals surface area contributed by atoms with E-state index in [4.69, 9.17) is 11.6 Å². The Balaban J connectivity index is 2.28. The van der Waals surface area contributed by atoms with E-state index in [1.54, 1.807) is 42.1 Å². The average molecular weight is 252 g/mol. The first-order valence-corrected chi connectivity index (χ1v) is 6.34. The molecule has 0 spiro atoms. The van der Waals surface area contributed by atoms with E-state index >= 15 is 0 Å². The molecule has 1 aromatic carbocycles. The molecule has 0 amide bonds. The fourth-order valence-electron chi connectivity index (χ4n) is 1.38. The van der Waals surface area contributed by atoms with Gasteiger partial charge < -0.3 is 4.98 Å². The molecule has 2 nitrogen and oxygen atoms in total. The number of H-pyrrole nitrogens is 1. The van der Waals surface area contributed by atoms with Crippen molar-refractivity contribution >= 4 is 29.1 Å². The molecule has 82 valence electrons. The Morgan fingerprint density at radius 3 is 2.44 bits per heavy atom. The summed E-state index contributed by atoms with van der Waals surface area (Å²) in [6, 6.07) is 10.6. The van der Waals surface area contributed by atoms with Gasteiger partial charge in [0.2, 0.25) is 5.78 Å². The van der Waals surface area contributed by atoms with Gasteiger partial charge in [-0.2, -0.15) is 0 Å². The second kappa shape index (κ2) is 4.76. The SMILES string of the molecule is CSc1ccc(C(=O)c2ccc(Cl)cc2)[nH]1. The van der Waals surface area contributed by atoms with Crippen LogP contribution in [0.15, 0.2) is 41.4 Å². The van der Waals surface area contributed by atoms with Crippen LogP contribution in [0.1, 0.15) is 16.1 Å². The van der Waals surface area contributed by atoms with Crippen LogP contribution in [0.2, 0.25) is 5.02 Å². The maximum atomic E-state index is 12.0. The number of benzene rings is 1. The largest absolute Gasteiger partial charge is 0.347 e. The number of hydrogen-bond acceptors (Lipinski definition) is 2. The number of ketones is 1. The van der Waals surface area contributed by atoms with Crippen LogP contribution in [-0.4, -0.2) is 17.0 Å². The molecule has 0 radical (unpaired) electrons. The molecule has 0 aliphatic rings. The van der Waals surface area contributed by atoms with Crippen LogP contribution in [0.4, 0.5) is 0 Å². The third kappa shape index (κ3) is 2.31. The summed E-state index contributed by atoms with van der Waals surface area (Å²) in [5.74, 6) is -0.0167. The molecular formula is C12H10ClNOS. The molecule has 0 fully saturated rings. The van der Waals surface area contributed by atoms with Crippen molar-refractivity contribution in [3.8, 4) is 0 Å². The Labute approximate surface area is 103 Å². The first-order chi connectivity index (χ1) is 7.70. The standard InChI is InChI=1S/C12H10ClNOS/c1-16-11-7-6-10(14-11)12(15)8-2-4-9(13)5-3-8/h2-7,14H,1H3. The van der Waals surface area contributed by atoms with Gasteiger partial charge in [-0.15, -0.1) is 11.8 Å². The second-order valence-electron chi connectivity index (χ2n) is 3.28. The minimum Gasteiger partial charge on any atom is -0.347 e. The zero-order valence-electron chi connectivity index (χ0n) is 8.66. The highest BCUT2D eigenvalue weighted by Crippen LogP contribution is 2.17. The van der Waals surface area contributed by atoms with Gasteiger partial charge in [-0.1, -0.05) is 11.6 Å². The molecule has 1 aromatic heterocycles. The number of aromatic amines is 1. The predicted octanol–water partition coefficient (Wildman–Crippen LogP) is 3.62. The molecule has 4 heteroatoms. The molecule has 1 heterocycles. The van der Waals surface area contributed by atoms with E-state index < -0.39 is 0 Å². The first-order valence-electron chi connectivity index (χ1n) is 4.74. The van der Waals surface area contributed by atoms with Crippen molar-refractivity contribution in [2.24, 2.45) is 0 Å². The molecule has 0 saturated carbocycles. The zero-order valence-corrected chi connectivity index (χ0v) is 10.2. The third-order valence-electron chi connectivity index (χ3n) is 2.23. The molecule has 0 aliphatic heterocycles. The van der Waals surface area contributed by atoms with Gasteiger partial charge >= 0.3 is 0 Å². The quantitative estimate of drug-likeness (QED) is 0.668. The third-order valence-corrected chi connectivity index (χ3v) is 3.16. The minimum atomic E-state index is -0.0167. The average Bonchev–Trinajstić information content (AvgIpc) is 2.77. The van der Waals surface area contributed by atoms with Crippen LogP contribution in [-0.2, 0) is 0 Å². The lowest BCUT2D eigenvalue weighted by Crippen LogP contribution is -2.01. The van der Waals surface area contributed by atoms with Crippen molar-refractivity contribution in [2.45, 2.75) is 5.03 Å². The summed E-state index contributed by atoms with van der Waals surface area (Å²) in [5, 5.41) is 1.62. The van der Waals surface area contributed by atoms with Crippen LogP contribution in [0, 0.1) is 0 Å². The maximum Gasteiger partial charge on any atom is 0.209 e. The van der Waals surface area contributed by atoms with E-state index in [0.717, 1.165) is 5.03 Å². The van der Waals surface area contributed by atoms with Gasteiger partial charge in [-0.25, -0.2) is 0 Å². The number of carbonyl (C=O) groups excluding carboxylic acids is 1. The summed E-state index contributed by atoms with van der Waals surface area (Å²) in [5.41, 5.74) is 1.24. The number of aromatic nitrogens is 1. The summed E-state index contributed by atoms with van der Waals surface area (Å²) in [6.45, 7) is 0. The Morgan fingerprint density at radius 2 is 1.88 bits per heavy atom. The highest BCUT2D eigenvalue weighted by Gasteiger charge is 2.10. The van der Waals surface area contributed by atoms with Crippen molar-refractivity contribution in [1.29, 1.82) is 0 Å². The Kier molecular flexibility index (Phi) is 3.36. The lowest BCUT2D eigenvalue weighted by molar-refractivity contribution is 0.103. The first kappa shape index (κ1) is 11.3. The molecular weight excluding hydrogens is 242 g/mol. The number of carbonyl (C=O) groups is 1. The number of nitrogens with one attached hydrogen (secondary N) is 1. The lowest BCUT2D eigenvalue weighted by Gasteiger charge is -1.98. The monoisotopic (exact) mass is 251 g/mol. The van der Waals surface area contributed by atoms with Crippen LogP contribution in [0.3, 0.4) is 0 Å². The van der Waals surface area contributed by atoms with Crippen molar-refractivity contribution < 1.29 is 4.79 Å². The molecule has 1 N–H and O–H groups in total. The van der Waals surface area contributed by atoms with Crippen LogP contribution >= 0.6 is 23.4 Å². The molecule has 0 unspecified atom stereocenters. The fourth-order valence-corrected chi connectivity index (χ4v) is 1.93. The molecule has 0 atom stereocenters. The Hall–Kier alpha value is -1.19. The van der Waals surface area contributed by atoms with Crippen LogP contribution in [0.5, 0.6) is 0 Å². The summed E-state index contributed by atoms with van der Waals surface area (Å²) >= 11 is 7.34. The van der Waals surface area contributed by atoms with Crippen molar-refractivity contribution in [2.75, 3.05) is 6.26 Å². The van der Waals surface area contributed by atoms with Gasteiger partial charge in [0.05, 0.1) is 10.7 Å². The van der Waals surface area contributed by atoms with Gasteiger partial charge in [0.15, 0.2) is 0 Å². The summed E-state index contributed by atoms with van der Waals surface area (Å²) in [6.07, 6.45) is 1.96. The van der Waals surface area contributed by atoms with E-state index in [9.17, 15) is 4.79 Å². The van der Waals surface area contributed by atoms with E-state index in [2.05, 4.69) is 4.98 Å². The number of hydrogen-bond donors (Lipinski definition) is 1. The molecule has 0 aliphatic carbocycles. The van der Waals surface area contributed by atoms with Gasteiger partial charge in [-0.05, 0) is 42.7 Å². The normalized spacial score (nSPS) is 10.4. The molecule has 16 heavy (non-hydrogen) atoms. The van der Waals surface area contributed by atoms with Crippen LogP contribution < -0.4 is 0 Å². The fraction of sp³-hybridized carbons (Fsp3) is 0.0833. The summed E-state index contributed by atoms with van der Waals surface area (Å²) in [4.78, 5) is 15.1. The molecule has 0 saturated heterocycles. The minimum absolute atomic E-state index is 0.0167. The summed E-state index contributed by atoms with van der Waals surface area (Å²) < 4.78 is 0. The van der Waals surface area contributed by atoms with E-state index in [1.807, 2.05) is 12.3 Å².